The summed E-state index contributed by atoms with van der Waals surface area (Å²) in [6.45, 7) is 6.35. The van der Waals surface area contributed by atoms with Crippen molar-refractivity contribution in [1.82, 2.24) is 10.2 Å². The quantitative estimate of drug-likeness (QED) is 0.746. The van der Waals surface area contributed by atoms with Crippen LogP contribution in [0.4, 0.5) is 0 Å². The Labute approximate surface area is 133 Å². The van der Waals surface area contributed by atoms with Crippen LogP contribution >= 0.6 is 11.8 Å². The average molecular weight is 308 g/mol. The largest absolute Gasteiger partial charge is 0.383 e. The van der Waals surface area contributed by atoms with Crippen LogP contribution in [0.1, 0.15) is 31.4 Å². The number of thioether (sulfide) groups is 1. The fourth-order valence-corrected chi connectivity index (χ4v) is 3.35. The van der Waals surface area contributed by atoms with Gasteiger partial charge in [-0.2, -0.15) is 0 Å². The molecule has 1 aliphatic rings. The third-order valence-electron chi connectivity index (χ3n) is 4.35. The van der Waals surface area contributed by atoms with Crippen LogP contribution in [0, 0.1) is 0 Å². The van der Waals surface area contributed by atoms with Gasteiger partial charge in [0.2, 0.25) is 0 Å². The van der Waals surface area contributed by atoms with E-state index in [0.29, 0.717) is 12.1 Å². The van der Waals surface area contributed by atoms with Crippen LogP contribution in [0.2, 0.25) is 0 Å². The second kappa shape index (κ2) is 8.79. The number of hydrogen-bond donors (Lipinski definition) is 1. The average Bonchev–Trinajstić information content (AvgIpc) is 3.04. The smallest absolute Gasteiger partial charge is 0.0589 e. The molecular weight excluding hydrogens is 280 g/mol. The number of hydrogen-bond acceptors (Lipinski definition) is 4. The Kier molecular flexibility index (Phi) is 7.04. The van der Waals surface area contributed by atoms with Gasteiger partial charge in [-0.05, 0) is 50.3 Å². The maximum absolute atomic E-state index is 5.29. The molecule has 1 fully saturated rings. The molecule has 1 aliphatic heterocycles. The fourth-order valence-electron chi connectivity index (χ4n) is 2.94. The highest BCUT2D eigenvalue weighted by molar-refractivity contribution is 7.98. The molecule has 0 saturated carbocycles. The molecule has 2 atom stereocenters. The Balaban J connectivity index is 2.01. The highest BCUT2D eigenvalue weighted by Crippen LogP contribution is 2.24. The third-order valence-corrected chi connectivity index (χ3v) is 5.09. The molecule has 118 valence electrons. The topological polar surface area (TPSA) is 24.5 Å². The van der Waals surface area contributed by atoms with E-state index in [2.05, 4.69) is 47.7 Å². The molecule has 2 rings (SSSR count). The van der Waals surface area contributed by atoms with Crippen LogP contribution in [0.15, 0.2) is 29.2 Å². The highest BCUT2D eigenvalue weighted by atomic mass is 32.2. The molecule has 0 bridgehead atoms. The van der Waals surface area contributed by atoms with Gasteiger partial charge in [-0.25, -0.2) is 0 Å². The predicted molar refractivity (Wildman–Crippen MR) is 91.1 cm³/mol. The lowest BCUT2D eigenvalue weighted by molar-refractivity contribution is 0.118. The summed E-state index contributed by atoms with van der Waals surface area (Å²) in [6.07, 6.45) is 4.72. The summed E-state index contributed by atoms with van der Waals surface area (Å²) in [5.74, 6) is 0. The van der Waals surface area contributed by atoms with Crippen LogP contribution in [-0.2, 0) is 4.74 Å². The highest BCUT2D eigenvalue weighted by Gasteiger charge is 2.22. The van der Waals surface area contributed by atoms with Gasteiger partial charge in [-0.15, -0.1) is 11.8 Å². The molecular formula is C17H28N2OS. The first-order chi connectivity index (χ1) is 10.2. The zero-order valence-electron chi connectivity index (χ0n) is 13.5. The third kappa shape index (κ3) is 4.99. The monoisotopic (exact) mass is 308 g/mol. The van der Waals surface area contributed by atoms with Crippen molar-refractivity contribution in [3.05, 3.63) is 29.8 Å². The lowest BCUT2D eigenvalue weighted by atomic mass is 10.1. The summed E-state index contributed by atoms with van der Waals surface area (Å²) in [5.41, 5.74) is 1.39. The number of methoxy groups -OCH3 is 1. The molecule has 0 spiro atoms. The predicted octanol–water partition coefficient (Wildman–Crippen LogP) is 3.17. The summed E-state index contributed by atoms with van der Waals surface area (Å²) in [6, 6.07) is 10.0. The minimum atomic E-state index is 0.429. The number of benzene rings is 1. The maximum Gasteiger partial charge on any atom is 0.0589 e. The first kappa shape index (κ1) is 16.8. The van der Waals surface area contributed by atoms with Gasteiger partial charge in [-0.1, -0.05) is 12.1 Å². The van der Waals surface area contributed by atoms with Crippen molar-refractivity contribution in [3.8, 4) is 0 Å². The number of ether oxygens (including phenoxy) is 1. The van der Waals surface area contributed by atoms with Gasteiger partial charge in [-0.3, -0.25) is 4.90 Å². The molecule has 21 heavy (non-hydrogen) atoms. The molecule has 1 N–H and O–H groups in total. The van der Waals surface area contributed by atoms with E-state index in [1.165, 1.54) is 29.8 Å². The molecule has 1 aromatic carbocycles. The van der Waals surface area contributed by atoms with E-state index in [1.54, 1.807) is 18.9 Å². The van der Waals surface area contributed by atoms with Gasteiger partial charge < -0.3 is 10.1 Å². The molecule has 0 radical (unpaired) electrons. The van der Waals surface area contributed by atoms with Crippen LogP contribution < -0.4 is 5.32 Å². The summed E-state index contributed by atoms with van der Waals surface area (Å²) in [7, 11) is 1.78. The molecule has 0 aromatic heterocycles. The minimum Gasteiger partial charge on any atom is -0.383 e. The van der Waals surface area contributed by atoms with Gasteiger partial charge >= 0.3 is 0 Å². The van der Waals surface area contributed by atoms with Crippen LogP contribution in [0.3, 0.4) is 0 Å². The normalized spacial score (nSPS) is 20.1. The van der Waals surface area contributed by atoms with Crippen LogP contribution in [0.25, 0.3) is 0 Å². The Morgan fingerprint density at radius 1 is 1.38 bits per heavy atom. The van der Waals surface area contributed by atoms with E-state index in [9.17, 15) is 0 Å². The molecule has 1 heterocycles. The van der Waals surface area contributed by atoms with E-state index in [1.807, 2.05) is 0 Å². The molecule has 2 unspecified atom stereocenters. The molecule has 4 heteroatoms. The van der Waals surface area contributed by atoms with Crippen molar-refractivity contribution in [2.45, 2.75) is 36.7 Å². The molecule has 3 nitrogen and oxygen atoms in total. The van der Waals surface area contributed by atoms with Crippen molar-refractivity contribution in [2.75, 3.05) is 39.6 Å². The van der Waals surface area contributed by atoms with E-state index in [0.717, 1.165) is 19.7 Å². The minimum absolute atomic E-state index is 0.429. The van der Waals surface area contributed by atoms with Crippen molar-refractivity contribution in [1.29, 1.82) is 0 Å². The zero-order chi connectivity index (χ0) is 15.1. The van der Waals surface area contributed by atoms with Crippen molar-refractivity contribution < 1.29 is 4.74 Å². The summed E-state index contributed by atoms with van der Waals surface area (Å²) in [5, 5.41) is 3.60. The SMILES string of the molecule is COCCN(CC1CCCN1)C(C)c1ccc(SC)cc1. The first-order valence-electron chi connectivity index (χ1n) is 7.85. The van der Waals surface area contributed by atoms with Crippen molar-refractivity contribution in [3.63, 3.8) is 0 Å². The van der Waals surface area contributed by atoms with Gasteiger partial charge in [0.15, 0.2) is 0 Å². The maximum atomic E-state index is 5.29. The van der Waals surface area contributed by atoms with Gasteiger partial charge in [0.25, 0.3) is 0 Å². The summed E-state index contributed by atoms with van der Waals surface area (Å²) >= 11 is 1.79. The van der Waals surface area contributed by atoms with Crippen molar-refractivity contribution in [2.24, 2.45) is 0 Å². The second-order valence-corrected chi connectivity index (χ2v) is 6.61. The fraction of sp³-hybridized carbons (Fsp3) is 0.647. The second-order valence-electron chi connectivity index (χ2n) is 5.73. The zero-order valence-corrected chi connectivity index (χ0v) is 14.3. The van der Waals surface area contributed by atoms with Crippen LogP contribution in [-0.4, -0.2) is 50.5 Å². The van der Waals surface area contributed by atoms with Crippen molar-refractivity contribution >= 4 is 11.8 Å². The first-order valence-corrected chi connectivity index (χ1v) is 9.07. The van der Waals surface area contributed by atoms with Gasteiger partial charge in [0.1, 0.15) is 0 Å². The summed E-state index contributed by atoms with van der Waals surface area (Å²) in [4.78, 5) is 3.87. The lowest BCUT2D eigenvalue weighted by Crippen LogP contribution is -2.40. The van der Waals surface area contributed by atoms with Gasteiger partial charge in [0.05, 0.1) is 6.61 Å². The standard InChI is InChI=1S/C17H28N2OS/c1-14(15-6-8-17(21-3)9-7-15)19(11-12-20-2)13-16-5-4-10-18-16/h6-9,14,16,18H,4-5,10-13H2,1-3H3. The molecule has 0 aliphatic carbocycles. The Morgan fingerprint density at radius 2 is 2.14 bits per heavy atom. The summed E-state index contributed by atoms with van der Waals surface area (Å²) < 4.78 is 5.29. The Morgan fingerprint density at radius 3 is 2.71 bits per heavy atom. The molecule has 1 aromatic rings. The number of nitrogens with one attached hydrogen (secondary N) is 1. The van der Waals surface area contributed by atoms with Crippen LogP contribution in [0.5, 0.6) is 0 Å². The Hall–Kier alpha value is -0.550. The molecule has 0 amide bonds. The van der Waals surface area contributed by atoms with Gasteiger partial charge in [0, 0.05) is 37.2 Å². The number of rotatable bonds is 8. The van der Waals surface area contributed by atoms with E-state index in [-0.39, 0.29) is 0 Å². The van der Waals surface area contributed by atoms with E-state index < -0.39 is 0 Å². The van der Waals surface area contributed by atoms with E-state index >= 15 is 0 Å². The van der Waals surface area contributed by atoms with E-state index in [4.69, 9.17) is 4.74 Å². The number of nitrogens with zero attached hydrogens (tertiary/aromatic N) is 1. The lowest BCUT2D eigenvalue weighted by Gasteiger charge is -2.31. The molecule has 1 saturated heterocycles. The Bertz CT molecular complexity index is 404.